The number of hydrogen-bond donors (Lipinski definition) is 2. The number of rotatable bonds is 6. The second-order valence-corrected chi connectivity index (χ2v) is 4.22. The van der Waals surface area contributed by atoms with Crippen molar-refractivity contribution in [1.29, 1.82) is 0 Å². The number of aliphatic imine (C=N–C) groups is 1. The summed E-state index contributed by atoms with van der Waals surface area (Å²) >= 11 is 0. The van der Waals surface area contributed by atoms with Crippen LogP contribution in [0.3, 0.4) is 0 Å². The second-order valence-electron chi connectivity index (χ2n) is 4.22. The smallest absolute Gasteiger partial charge is 0.188 e. The monoisotopic (exact) mass is 271 g/mol. The molecule has 0 saturated carbocycles. The Hall–Kier alpha value is -1.69. The predicted molar refractivity (Wildman–Crippen MR) is 71.0 cm³/mol. The highest BCUT2D eigenvalue weighted by atomic mass is 19.1. The molecule has 0 spiro atoms. The standard InChI is InChI=1S/C13H19F2N3O/c1-9(8-19-2)18-13(16)17-7-6-10-11(14)4-3-5-12(10)15/h3-5,9H,6-8H2,1-2H3,(H3,16,17,18). The van der Waals surface area contributed by atoms with E-state index in [2.05, 4.69) is 10.3 Å². The van der Waals surface area contributed by atoms with Gasteiger partial charge in [-0.05, 0) is 25.5 Å². The molecular weight excluding hydrogens is 252 g/mol. The average Bonchev–Trinajstić information content (AvgIpc) is 2.33. The number of methoxy groups -OCH3 is 1. The highest BCUT2D eigenvalue weighted by Crippen LogP contribution is 2.12. The average molecular weight is 271 g/mol. The summed E-state index contributed by atoms with van der Waals surface area (Å²) < 4.78 is 31.6. The van der Waals surface area contributed by atoms with Gasteiger partial charge in [0.2, 0.25) is 0 Å². The van der Waals surface area contributed by atoms with Crippen LogP contribution in [0, 0.1) is 11.6 Å². The highest BCUT2D eigenvalue weighted by molar-refractivity contribution is 5.78. The number of guanidine groups is 1. The van der Waals surface area contributed by atoms with Crippen LogP contribution in [0.1, 0.15) is 12.5 Å². The van der Waals surface area contributed by atoms with Crippen LogP contribution in [0.4, 0.5) is 8.78 Å². The van der Waals surface area contributed by atoms with Gasteiger partial charge >= 0.3 is 0 Å². The lowest BCUT2D eigenvalue weighted by Crippen LogP contribution is -2.40. The first kappa shape index (κ1) is 15.4. The maximum absolute atomic E-state index is 13.3. The molecular formula is C13H19F2N3O. The third-order valence-electron chi connectivity index (χ3n) is 2.52. The topological polar surface area (TPSA) is 59.6 Å². The molecule has 0 aromatic heterocycles. The summed E-state index contributed by atoms with van der Waals surface area (Å²) in [5, 5.41) is 2.91. The Morgan fingerprint density at radius 1 is 1.42 bits per heavy atom. The van der Waals surface area contributed by atoms with Gasteiger partial charge in [0.25, 0.3) is 0 Å². The van der Waals surface area contributed by atoms with Crippen molar-refractivity contribution in [2.45, 2.75) is 19.4 Å². The van der Waals surface area contributed by atoms with Gasteiger partial charge in [-0.1, -0.05) is 6.07 Å². The molecule has 0 aliphatic heterocycles. The summed E-state index contributed by atoms with van der Waals surface area (Å²) in [6.45, 7) is 2.61. The Labute approximate surface area is 111 Å². The van der Waals surface area contributed by atoms with E-state index in [1.807, 2.05) is 6.92 Å². The molecule has 1 aromatic carbocycles. The zero-order chi connectivity index (χ0) is 14.3. The number of nitrogens with two attached hydrogens (primary N) is 1. The number of halogens is 2. The molecule has 3 N–H and O–H groups in total. The third kappa shape index (κ3) is 5.21. The molecule has 1 aromatic rings. The van der Waals surface area contributed by atoms with E-state index in [9.17, 15) is 8.78 Å². The van der Waals surface area contributed by atoms with Crippen molar-refractivity contribution >= 4 is 5.96 Å². The lowest BCUT2D eigenvalue weighted by Gasteiger charge is -2.13. The fraction of sp³-hybridized carbons (Fsp3) is 0.462. The minimum atomic E-state index is -0.561. The lowest BCUT2D eigenvalue weighted by atomic mass is 10.1. The van der Waals surface area contributed by atoms with E-state index in [1.165, 1.54) is 18.2 Å². The second kappa shape index (κ2) is 7.68. The summed E-state index contributed by atoms with van der Waals surface area (Å²) in [6, 6.07) is 3.81. The van der Waals surface area contributed by atoms with Gasteiger partial charge < -0.3 is 15.8 Å². The number of nitrogens with zero attached hydrogens (tertiary/aromatic N) is 1. The van der Waals surface area contributed by atoms with E-state index >= 15 is 0 Å². The van der Waals surface area contributed by atoms with Crippen LogP contribution in [-0.4, -0.2) is 32.3 Å². The number of benzene rings is 1. The molecule has 0 heterocycles. The highest BCUT2D eigenvalue weighted by Gasteiger charge is 2.07. The van der Waals surface area contributed by atoms with Crippen molar-refractivity contribution < 1.29 is 13.5 Å². The maximum Gasteiger partial charge on any atom is 0.188 e. The molecule has 1 atom stereocenters. The first-order chi connectivity index (χ1) is 9.04. The fourth-order valence-electron chi connectivity index (χ4n) is 1.65. The quantitative estimate of drug-likeness (QED) is 0.608. The fourth-order valence-corrected chi connectivity index (χ4v) is 1.65. The van der Waals surface area contributed by atoms with Gasteiger partial charge in [-0.25, -0.2) is 8.78 Å². The molecule has 0 fully saturated rings. The van der Waals surface area contributed by atoms with Gasteiger partial charge in [0.05, 0.1) is 6.61 Å². The van der Waals surface area contributed by atoms with Crippen LogP contribution in [0.5, 0.6) is 0 Å². The van der Waals surface area contributed by atoms with E-state index in [1.54, 1.807) is 7.11 Å². The first-order valence-corrected chi connectivity index (χ1v) is 6.03. The Morgan fingerprint density at radius 3 is 2.63 bits per heavy atom. The zero-order valence-corrected chi connectivity index (χ0v) is 11.1. The van der Waals surface area contributed by atoms with Crippen molar-refractivity contribution in [2.75, 3.05) is 20.3 Å². The maximum atomic E-state index is 13.3. The normalized spacial score (nSPS) is 13.4. The van der Waals surface area contributed by atoms with Crippen LogP contribution in [-0.2, 0) is 11.2 Å². The minimum Gasteiger partial charge on any atom is -0.383 e. The number of hydrogen-bond acceptors (Lipinski definition) is 2. The molecule has 1 rings (SSSR count). The summed E-state index contributed by atoms with van der Waals surface area (Å²) in [6.07, 6.45) is 0.166. The van der Waals surface area contributed by atoms with E-state index < -0.39 is 11.6 Å². The Bertz CT molecular complexity index is 418. The van der Waals surface area contributed by atoms with E-state index in [0.29, 0.717) is 6.61 Å². The van der Waals surface area contributed by atoms with Crippen molar-refractivity contribution in [2.24, 2.45) is 10.7 Å². The molecule has 4 nitrogen and oxygen atoms in total. The SMILES string of the molecule is COCC(C)NC(N)=NCCc1c(F)cccc1F. The summed E-state index contributed by atoms with van der Waals surface area (Å²) in [4.78, 5) is 4.02. The molecule has 6 heteroatoms. The van der Waals surface area contributed by atoms with Gasteiger partial charge in [-0.2, -0.15) is 0 Å². The summed E-state index contributed by atoms with van der Waals surface area (Å²) in [5.74, 6) is -0.884. The molecule has 19 heavy (non-hydrogen) atoms. The number of ether oxygens (including phenoxy) is 1. The molecule has 1 unspecified atom stereocenters. The molecule has 0 amide bonds. The molecule has 0 radical (unpaired) electrons. The van der Waals surface area contributed by atoms with Gasteiger partial charge in [0.1, 0.15) is 11.6 Å². The van der Waals surface area contributed by atoms with Crippen molar-refractivity contribution in [3.63, 3.8) is 0 Å². The van der Waals surface area contributed by atoms with Crippen LogP contribution in [0.15, 0.2) is 23.2 Å². The van der Waals surface area contributed by atoms with E-state index in [0.717, 1.165) is 0 Å². The Kier molecular flexibility index (Phi) is 6.21. The summed E-state index contributed by atoms with van der Waals surface area (Å²) in [7, 11) is 1.59. The molecule has 106 valence electrons. The van der Waals surface area contributed by atoms with Gasteiger partial charge in [-0.3, -0.25) is 4.99 Å². The Balaban J connectivity index is 2.49. The molecule has 0 saturated heterocycles. The predicted octanol–water partition coefficient (Wildman–Crippen LogP) is 1.45. The first-order valence-electron chi connectivity index (χ1n) is 6.03. The van der Waals surface area contributed by atoms with Gasteiger partial charge in [-0.15, -0.1) is 0 Å². The molecule has 0 aliphatic rings. The Morgan fingerprint density at radius 2 is 2.05 bits per heavy atom. The number of nitrogens with one attached hydrogen (secondary N) is 1. The lowest BCUT2D eigenvalue weighted by molar-refractivity contribution is 0.179. The molecule has 0 bridgehead atoms. The molecule has 0 aliphatic carbocycles. The van der Waals surface area contributed by atoms with Gasteiger partial charge in [0.15, 0.2) is 5.96 Å². The van der Waals surface area contributed by atoms with Crippen LogP contribution < -0.4 is 11.1 Å². The van der Waals surface area contributed by atoms with Crippen molar-refractivity contribution in [1.82, 2.24) is 5.32 Å². The van der Waals surface area contributed by atoms with Gasteiger partial charge in [0, 0.05) is 25.3 Å². The van der Waals surface area contributed by atoms with Crippen molar-refractivity contribution in [3.05, 3.63) is 35.4 Å². The van der Waals surface area contributed by atoms with Crippen LogP contribution >= 0.6 is 0 Å². The van der Waals surface area contributed by atoms with E-state index in [-0.39, 0.29) is 30.5 Å². The summed E-state index contributed by atoms with van der Waals surface area (Å²) in [5.41, 5.74) is 5.67. The van der Waals surface area contributed by atoms with Crippen LogP contribution in [0.25, 0.3) is 0 Å². The van der Waals surface area contributed by atoms with E-state index in [4.69, 9.17) is 10.5 Å². The minimum absolute atomic E-state index is 0.0268. The zero-order valence-electron chi connectivity index (χ0n) is 11.1. The van der Waals surface area contributed by atoms with Crippen molar-refractivity contribution in [3.8, 4) is 0 Å². The van der Waals surface area contributed by atoms with Crippen LogP contribution in [0.2, 0.25) is 0 Å². The third-order valence-corrected chi connectivity index (χ3v) is 2.52. The largest absolute Gasteiger partial charge is 0.383 e.